The van der Waals surface area contributed by atoms with Crippen LogP contribution in [0.5, 0.6) is 0 Å². The Balaban J connectivity index is 1.57. The molecule has 0 unspecified atom stereocenters. The summed E-state index contributed by atoms with van der Waals surface area (Å²) in [4.78, 5) is 39.7. The molecule has 172 valence electrons. The van der Waals surface area contributed by atoms with Gasteiger partial charge in [0.1, 0.15) is 10.7 Å². The zero-order valence-corrected chi connectivity index (χ0v) is 20.0. The lowest BCUT2D eigenvalue weighted by Gasteiger charge is -2.18. The quantitative estimate of drug-likeness (QED) is 0.419. The average molecular weight is 494 g/mol. The molecule has 0 bridgehead atoms. The van der Waals surface area contributed by atoms with E-state index in [2.05, 4.69) is 10.6 Å². The number of aryl methyl sites for hydroxylation is 2. The molecule has 1 aliphatic heterocycles. The molecule has 6 nitrogen and oxygen atoms in total. The van der Waals surface area contributed by atoms with Crippen LogP contribution in [0.1, 0.15) is 28.4 Å². The molecule has 0 aromatic heterocycles. The van der Waals surface area contributed by atoms with Gasteiger partial charge in [-0.15, -0.1) is 0 Å². The molecule has 0 atom stereocenters. The first-order chi connectivity index (χ1) is 16.3. The standard InChI is InChI=1S/C26H21Cl2N3O3/c1-3-16-7-4-5-10-20(16)30-24(32)17-8-6-9-19(13-17)29-23-22(28)25(33)31(26(23)34)21-14-18(27)12-11-15(21)2/h4-14,29H,3H2,1-2H3,(H,30,32). The van der Waals surface area contributed by atoms with E-state index in [0.29, 0.717) is 27.5 Å². The predicted octanol–water partition coefficient (Wildman–Crippen LogP) is 5.90. The number of nitrogens with one attached hydrogen (secondary N) is 2. The van der Waals surface area contributed by atoms with Gasteiger partial charge in [0.2, 0.25) is 0 Å². The van der Waals surface area contributed by atoms with Crippen LogP contribution in [0.25, 0.3) is 0 Å². The number of rotatable bonds is 6. The second-order valence-electron chi connectivity index (χ2n) is 7.74. The molecule has 34 heavy (non-hydrogen) atoms. The maximum absolute atomic E-state index is 13.1. The van der Waals surface area contributed by atoms with Crippen molar-refractivity contribution in [3.63, 3.8) is 0 Å². The highest BCUT2D eigenvalue weighted by atomic mass is 35.5. The lowest BCUT2D eigenvalue weighted by Crippen LogP contribution is -2.32. The van der Waals surface area contributed by atoms with Gasteiger partial charge in [-0.25, -0.2) is 4.90 Å². The minimum Gasteiger partial charge on any atom is -0.350 e. The van der Waals surface area contributed by atoms with Crippen molar-refractivity contribution in [3.8, 4) is 0 Å². The first-order valence-corrected chi connectivity index (χ1v) is 11.4. The summed E-state index contributed by atoms with van der Waals surface area (Å²) in [5.41, 5.74) is 3.57. The molecule has 0 fully saturated rings. The van der Waals surface area contributed by atoms with E-state index in [-0.39, 0.29) is 16.6 Å². The van der Waals surface area contributed by atoms with Crippen LogP contribution in [0.4, 0.5) is 17.1 Å². The Morgan fingerprint density at radius 2 is 1.71 bits per heavy atom. The largest absolute Gasteiger partial charge is 0.350 e. The fourth-order valence-electron chi connectivity index (χ4n) is 3.68. The molecule has 4 rings (SSSR count). The Labute approximate surface area is 207 Å². The Kier molecular flexibility index (Phi) is 6.72. The molecular weight excluding hydrogens is 473 g/mol. The number of anilines is 3. The van der Waals surface area contributed by atoms with Crippen molar-refractivity contribution < 1.29 is 14.4 Å². The molecule has 1 aliphatic rings. The summed E-state index contributed by atoms with van der Waals surface area (Å²) >= 11 is 12.3. The lowest BCUT2D eigenvalue weighted by atomic mass is 10.1. The Bertz CT molecular complexity index is 1350. The number of nitrogens with zero attached hydrogens (tertiary/aromatic N) is 1. The van der Waals surface area contributed by atoms with Gasteiger partial charge in [-0.2, -0.15) is 0 Å². The van der Waals surface area contributed by atoms with E-state index in [9.17, 15) is 14.4 Å². The number of carbonyl (C=O) groups excluding carboxylic acids is 3. The van der Waals surface area contributed by atoms with Crippen molar-refractivity contribution in [1.29, 1.82) is 0 Å². The van der Waals surface area contributed by atoms with Gasteiger partial charge in [-0.05, 0) is 60.9 Å². The molecular formula is C26H21Cl2N3O3. The Morgan fingerprint density at radius 3 is 2.47 bits per heavy atom. The highest BCUT2D eigenvalue weighted by molar-refractivity contribution is 6.53. The first-order valence-electron chi connectivity index (χ1n) is 10.6. The Morgan fingerprint density at radius 1 is 0.941 bits per heavy atom. The van der Waals surface area contributed by atoms with E-state index in [1.54, 1.807) is 49.4 Å². The number of amides is 3. The number of hydrogen-bond acceptors (Lipinski definition) is 4. The highest BCUT2D eigenvalue weighted by Crippen LogP contribution is 2.33. The van der Waals surface area contributed by atoms with Crippen LogP contribution in [0.15, 0.2) is 77.5 Å². The number of halogens is 2. The molecule has 1 heterocycles. The fourth-order valence-corrected chi connectivity index (χ4v) is 4.06. The summed E-state index contributed by atoms with van der Waals surface area (Å²) in [6.45, 7) is 3.78. The zero-order chi connectivity index (χ0) is 24.4. The molecule has 0 spiro atoms. The molecule has 2 N–H and O–H groups in total. The van der Waals surface area contributed by atoms with Crippen molar-refractivity contribution in [1.82, 2.24) is 0 Å². The third-order valence-corrected chi connectivity index (χ3v) is 6.07. The SMILES string of the molecule is CCc1ccccc1NC(=O)c1cccc(NC2=C(Cl)C(=O)N(c3cc(Cl)ccc3C)C2=O)c1. The first kappa shape index (κ1) is 23.5. The average Bonchev–Trinajstić information content (AvgIpc) is 3.04. The number of hydrogen-bond donors (Lipinski definition) is 2. The van der Waals surface area contributed by atoms with Crippen molar-refractivity contribution in [2.45, 2.75) is 20.3 Å². The van der Waals surface area contributed by atoms with Gasteiger partial charge in [0.15, 0.2) is 0 Å². The summed E-state index contributed by atoms with van der Waals surface area (Å²) in [5, 5.41) is 5.98. The summed E-state index contributed by atoms with van der Waals surface area (Å²) in [7, 11) is 0. The van der Waals surface area contributed by atoms with Crippen LogP contribution >= 0.6 is 23.2 Å². The van der Waals surface area contributed by atoms with Crippen LogP contribution < -0.4 is 15.5 Å². The number of imide groups is 1. The van der Waals surface area contributed by atoms with E-state index >= 15 is 0 Å². The van der Waals surface area contributed by atoms with E-state index in [4.69, 9.17) is 23.2 Å². The molecule has 0 aliphatic carbocycles. The van der Waals surface area contributed by atoms with Gasteiger partial charge < -0.3 is 10.6 Å². The molecule has 3 aromatic carbocycles. The normalized spacial score (nSPS) is 13.5. The van der Waals surface area contributed by atoms with Crippen LogP contribution in [0, 0.1) is 6.92 Å². The monoisotopic (exact) mass is 493 g/mol. The number of benzene rings is 3. The van der Waals surface area contributed by atoms with Crippen molar-refractivity contribution >= 4 is 58.0 Å². The smallest absolute Gasteiger partial charge is 0.283 e. The van der Waals surface area contributed by atoms with Gasteiger partial charge in [-0.3, -0.25) is 14.4 Å². The van der Waals surface area contributed by atoms with Gasteiger partial charge in [0.25, 0.3) is 17.7 Å². The van der Waals surface area contributed by atoms with Gasteiger partial charge >= 0.3 is 0 Å². The second-order valence-corrected chi connectivity index (χ2v) is 8.55. The third kappa shape index (κ3) is 4.55. The summed E-state index contributed by atoms with van der Waals surface area (Å²) in [6.07, 6.45) is 0.781. The van der Waals surface area contributed by atoms with E-state index in [0.717, 1.165) is 22.6 Å². The highest BCUT2D eigenvalue weighted by Gasteiger charge is 2.39. The molecule has 0 saturated carbocycles. The van der Waals surface area contributed by atoms with Gasteiger partial charge in [0, 0.05) is 22.0 Å². The maximum Gasteiger partial charge on any atom is 0.283 e. The van der Waals surface area contributed by atoms with Crippen molar-refractivity contribution in [2.75, 3.05) is 15.5 Å². The molecule has 0 radical (unpaired) electrons. The molecule has 8 heteroatoms. The molecule has 3 amide bonds. The van der Waals surface area contributed by atoms with E-state index < -0.39 is 11.8 Å². The van der Waals surface area contributed by atoms with Gasteiger partial charge in [-0.1, -0.05) is 60.5 Å². The maximum atomic E-state index is 13.1. The van der Waals surface area contributed by atoms with Crippen molar-refractivity contribution in [2.24, 2.45) is 0 Å². The molecule has 3 aromatic rings. The van der Waals surface area contributed by atoms with E-state index in [1.807, 2.05) is 31.2 Å². The number of carbonyl (C=O) groups is 3. The summed E-state index contributed by atoms with van der Waals surface area (Å²) in [5.74, 6) is -1.55. The minimum atomic E-state index is -0.649. The second kappa shape index (κ2) is 9.71. The molecule has 0 saturated heterocycles. The summed E-state index contributed by atoms with van der Waals surface area (Å²) in [6, 6.07) is 19.1. The Hall–Kier alpha value is -3.61. The lowest BCUT2D eigenvalue weighted by molar-refractivity contribution is -0.120. The van der Waals surface area contributed by atoms with Crippen LogP contribution in [0.2, 0.25) is 5.02 Å². The van der Waals surface area contributed by atoms with Crippen LogP contribution in [-0.4, -0.2) is 17.7 Å². The van der Waals surface area contributed by atoms with Crippen molar-refractivity contribution in [3.05, 3.63) is 99.2 Å². The predicted molar refractivity (Wildman–Crippen MR) is 135 cm³/mol. The minimum absolute atomic E-state index is 0.0695. The third-order valence-electron chi connectivity index (χ3n) is 5.48. The number of para-hydroxylation sites is 1. The fraction of sp³-hybridized carbons (Fsp3) is 0.115. The van der Waals surface area contributed by atoms with Gasteiger partial charge in [0.05, 0.1) is 5.69 Å². The van der Waals surface area contributed by atoms with Crippen LogP contribution in [0.3, 0.4) is 0 Å². The topological polar surface area (TPSA) is 78.5 Å². The van der Waals surface area contributed by atoms with Crippen LogP contribution in [-0.2, 0) is 16.0 Å². The summed E-state index contributed by atoms with van der Waals surface area (Å²) < 4.78 is 0. The van der Waals surface area contributed by atoms with E-state index in [1.165, 1.54) is 0 Å². The zero-order valence-electron chi connectivity index (χ0n) is 18.5.